The van der Waals surface area contributed by atoms with Crippen LogP contribution >= 0.6 is 11.3 Å². The summed E-state index contributed by atoms with van der Waals surface area (Å²) in [7, 11) is 0. The second-order valence-electron chi connectivity index (χ2n) is 4.59. The smallest absolute Gasteiger partial charge is 0.303 e. The highest BCUT2D eigenvalue weighted by Crippen LogP contribution is 2.28. The Bertz CT molecular complexity index is 578. The molecule has 0 unspecified atom stereocenters. The Hall–Kier alpha value is -1.88. The maximum absolute atomic E-state index is 10.6. The molecule has 0 atom stereocenters. The fourth-order valence-electron chi connectivity index (χ4n) is 1.92. The Morgan fingerprint density at radius 2 is 2.05 bits per heavy atom. The Morgan fingerprint density at radius 1 is 1.35 bits per heavy atom. The van der Waals surface area contributed by atoms with Crippen molar-refractivity contribution in [2.45, 2.75) is 26.7 Å². The number of hydrogen-bond donors (Lipinski definition) is 1. The number of thiazole rings is 1. The summed E-state index contributed by atoms with van der Waals surface area (Å²) in [4.78, 5) is 17.3. The van der Waals surface area contributed by atoms with Gasteiger partial charge in [0.05, 0.1) is 12.1 Å². The molecular formula is C15H18N2O2S. The van der Waals surface area contributed by atoms with E-state index in [0.717, 1.165) is 23.1 Å². The molecule has 1 aromatic carbocycles. The van der Waals surface area contributed by atoms with Crippen molar-refractivity contribution in [2.24, 2.45) is 0 Å². The number of carbonyl (C=O) groups is 1. The molecule has 0 aliphatic carbocycles. The number of aryl methyl sites for hydroxylation is 2. The lowest BCUT2D eigenvalue weighted by Gasteiger charge is -2.20. The second kappa shape index (κ2) is 6.52. The number of hydrogen-bond acceptors (Lipinski definition) is 4. The van der Waals surface area contributed by atoms with Gasteiger partial charge in [-0.05, 0) is 26.0 Å². The molecule has 0 radical (unpaired) electrons. The molecule has 0 aliphatic rings. The predicted octanol–water partition coefficient (Wildman–Crippen LogP) is 3.63. The van der Waals surface area contributed by atoms with Gasteiger partial charge in [-0.25, -0.2) is 4.98 Å². The first-order valence-electron chi connectivity index (χ1n) is 6.60. The van der Waals surface area contributed by atoms with Gasteiger partial charge in [0.15, 0.2) is 5.13 Å². The summed E-state index contributed by atoms with van der Waals surface area (Å²) in [6.45, 7) is 4.97. The maximum Gasteiger partial charge on any atom is 0.303 e. The first-order chi connectivity index (χ1) is 9.60. The summed E-state index contributed by atoms with van der Waals surface area (Å²) in [6.07, 6.45) is 0.608. The molecule has 1 aromatic heterocycles. The normalized spacial score (nSPS) is 10.5. The topological polar surface area (TPSA) is 53.4 Å². The van der Waals surface area contributed by atoms with E-state index in [4.69, 9.17) is 5.11 Å². The van der Waals surface area contributed by atoms with Gasteiger partial charge in [-0.15, -0.1) is 11.3 Å². The molecular weight excluding hydrogens is 272 g/mol. The fraction of sp³-hybridized carbons (Fsp3) is 0.333. The van der Waals surface area contributed by atoms with Crippen molar-refractivity contribution in [3.05, 3.63) is 40.9 Å². The number of anilines is 2. The number of aliphatic carboxylic acids is 1. The van der Waals surface area contributed by atoms with Crippen LogP contribution < -0.4 is 4.90 Å². The van der Waals surface area contributed by atoms with Crippen molar-refractivity contribution in [3.8, 4) is 0 Å². The molecule has 0 bridgehead atoms. The highest BCUT2D eigenvalue weighted by Gasteiger charge is 2.12. The molecule has 0 spiro atoms. The van der Waals surface area contributed by atoms with Crippen molar-refractivity contribution in [1.29, 1.82) is 0 Å². The third kappa shape index (κ3) is 3.57. The fourth-order valence-corrected chi connectivity index (χ4v) is 2.87. The minimum absolute atomic E-state index is 0.125. The van der Waals surface area contributed by atoms with E-state index < -0.39 is 5.97 Å². The standard InChI is InChI=1S/C15H18N2O2S/c1-3-17(13-7-4-11(2)5-8-13)15-16-12(10-20-15)6-9-14(18)19/h4-5,7-8,10H,3,6,9H2,1-2H3,(H,18,19). The molecule has 2 rings (SSSR count). The first kappa shape index (κ1) is 14.5. The molecule has 0 saturated carbocycles. The van der Waals surface area contributed by atoms with Crippen LogP contribution in [-0.2, 0) is 11.2 Å². The molecule has 0 amide bonds. The summed E-state index contributed by atoms with van der Waals surface area (Å²) in [5, 5.41) is 11.6. The number of carboxylic acids is 1. The van der Waals surface area contributed by atoms with Crippen LogP contribution in [0.2, 0.25) is 0 Å². The van der Waals surface area contributed by atoms with Gasteiger partial charge in [-0.3, -0.25) is 4.79 Å². The van der Waals surface area contributed by atoms with Crippen LogP contribution in [0.5, 0.6) is 0 Å². The average molecular weight is 290 g/mol. The number of aromatic nitrogens is 1. The van der Waals surface area contributed by atoms with Gasteiger partial charge >= 0.3 is 5.97 Å². The van der Waals surface area contributed by atoms with Gasteiger partial charge in [-0.1, -0.05) is 17.7 Å². The quantitative estimate of drug-likeness (QED) is 0.882. The molecule has 0 saturated heterocycles. The van der Waals surface area contributed by atoms with Crippen LogP contribution in [0.25, 0.3) is 0 Å². The van der Waals surface area contributed by atoms with Crippen molar-refractivity contribution < 1.29 is 9.90 Å². The van der Waals surface area contributed by atoms with Crippen molar-refractivity contribution in [1.82, 2.24) is 4.98 Å². The molecule has 1 heterocycles. The summed E-state index contributed by atoms with van der Waals surface area (Å²) in [5.74, 6) is -0.787. The second-order valence-corrected chi connectivity index (χ2v) is 5.43. The molecule has 1 N–H and O–H groups in total. The third-order valence-electron chi connectivity index (χ3n) is 3.03. The van der Waals surface area contributed by atoms with Crippen molar-refractivity contribution in [2.75, 3.05) is 11.4 Å². The lowest BCUT2D eigenvalue weighted by molar-refractivity contribution is -0.136. The van der Waals surface area contributed by atoms with E-state index in [1.54, 1.807) is 11.3 Å². The van der Waals surface area contributed by atoms with Gasteiger partial charge < -0.3 is 10.0 Å². The molecule has 5 heteroatoms. The monoisotopic (exact) mass is 290 g/mol. The zero-order valence-corrected chi connectivity index (χ0v) is 12.5. The number of benzene rings is 1. The minimum Gasteiger partial charge on any atom is -0.481 e. The number of rotatable bonds is 6. The Kier molecular flexibility index (Phi) is 4.74. The zero-order chi connectivity index (χ0) is 14.5. The predicted molar refractivity (Wildman–Crippen MR) is 81.9 cm³/mol. The zero-order valence-electron chi connectivity index (χ0n) is 11.7. The third-order valence-corrected chi connectivity index (χ3v) is 3.94. The van der Waals surface area contributed by atoms with E-state index in [1.807, 2.05) is 5.38 Å². The highest BCUT2D eigenvalue weighted by molar-refractivity contribution is 7.13. The van der Waals surface area contributed by atoms with Crippen molar-refractivity contribution >= 4 is 28.1 Å². The van der Waals surface area contributed by atoms with E-state index in [-0.39, 0.29) is 6.42 Å². The highest BCUT2D eigenvalue weighted by atomic mass is 32.1. The molecule has 20 heavy (non-hydrogen) atoms. The summed E-state index contributed by atoms with van der Waals surface area (Å²) in [6, 6.07) is 8.32. The van der Waals surface area contributed by atoms with Crippen LogP contribution in [0.15, 0.2) is 29.6 Å². The minimum atomic E-state index is -0.787. The van der Waals surface area contributed by atoms with E-state index in [1.165, 1.54) is 5.56 Å². The Morgan fingerprint density at radius 3 is 2.65 bits per heavy atom. The number of carboxylic acid groups (broad SMARTS) is 1. The van der Waals surface area contributed by atoms with Gasteiger partial charge in [0.25, 0.3) is 0 Å². The van der Waals surface area contributed by atoms with Crippen LogP contribution in [0.4, 0.5) is 10.8 Å². The molecule has 4 nitrogen and oxygen atoms in total. The van der Waals surface area contributed by atoms with Crippen LogP contribution in [-0.4, -0.2) is 22.6 Å². The van der Waals surface area contributed by atoms with Gasteiger partial charge in [-0.2, -0.15) is 0 Å². The lowest BCUT2D eigenvalue weighted by atomic mass is 10.2. The average Bonchev–Trinajstić information content (AvgIpc) is 2.88. The van der Waals surface area contributed by atoms with Gasteiger partial charge in [0.1, 0.15) is 0 Å². The molecule has 2 aromatic rings. The van der Waals surface area contributed by atoms with E-state index in [0.29, 0.717) is 6.42 Å². The lowest BCUT2D eigenvalue weighted by Crippen LogP contribution is -2.15. The van der Waals surface area contributed by atoms with Gasteiger partial charge in [0.2, 0.25) is 0 Å². The van der Waals surface area contributed by atoms with E-state index in [2.05, 4.69) is 48.0 Å². The summed E-state index contributed by atoms with van der Waals surface area (Å²) in [5.41, 5.74) is 3.18. The van der Waals surface area contributed by atoms with E-state index in [9.17, 15) is 4.79 Å². The Labute approximate surface area is 122 Å². The molecule has 0 fully saturated rings. The Balaban J connectivity index is 2.15. The van der Waals surface area contributed by atoms with Crippen LogP contribution in [0.1, 0.15) is 24.6 Å². The first-order valence-corrected chi connectivity index (χ1v) is 7.48. The van der Waals surface area contributed by atoms with E-state index >= 15 is 0 Å². The SMILES string of the molecule is CCN(c1ccc(C)cc1)c1nc(CCC(=O)O)cs1. The van der Waals surface area contributed by atoms with Crippen LogP contribution in [0.3, 0.4) is 0 Å². The largest absolute Gasteiger partial charge is 0.481 e. The van der Waals surface area contributed by atoms with Crippen molar-refractivity contribution in [3.63, 3.8) is 0 Å². The summed E-state index contributed by atoms with van der Waals surface area (Å²) >= 11 is 1.55. The van der Waals surface area contributed by atoms with Gasteiger partial charge in [0, 0.05) is 24.0 Å². The summed E-state index contributed by atoms with van der Waals surface area (Å²) < 4.78 is 0. The molecule has 106 valence electrons. The molecule has 0 aliphatic heterocycles. The maximum atomic E-state index is 10.6. The van der Waals surface area contributed by atoms with Crippen LogP contribution in [0, 0.1) is 6.92 Å². The number of nitrogens with zero attached hydrogens (tertiary/aromatic N) is 2.